The van der Waals surface area contributed by atoms with Gasteiger partial charge >= 0.3 is 0 Å². The second-order valence-electron chi connectivity index (χ2n) is 4.33. The molecule has 1 heterocycles. The van der Waals surface area contributed by atoms with Crippen LogP contribution in [0.2, 0.25) is 0 Å². The van der Waals surface area contributed by atoms with E-state index in [0.717, 1.165) is 18.4 Å². The second kappa shape index (κ2) is 9.06. The third-order valence-corrected chi connectivity index (χ3v) is 2.79. The van der Waals surface area contributed by atoms with Crippen LogP contribution in [0.15, 0.2) is 24.5 Å². The SMILES string of the molecule is N#CCCN(Cc1cccnc1)C(=O)CCCCN. The molecule has 102 valence electrons. The van der Waals surface area contributed by atoms with Gasteiger partial charge in [-0.3, -0.25) is 9.78 Å². The van der Waals surface area contributed by atoms with Gasteiger partial charge in [-0.25, -0.2) is 0 Å². The maximum Gasteiger partial charge on any atom is 0.222 e. The molecule has 0 saturated carbocycles. The second-order valence-corrected chi connectivity index (χ2v) is 4.33. The number of rotatable bonds is 8. The highest BCUT2D eigenvalue weighted by Gasteiger charge is 2.13. The Bertz CT molecular complexity index is 413. The van der Waals surface area contributed by atoms with E-state index < -0.39 is 0 Å². The van der Waals surface area contributed by atoms with Crippen LogP contribution in [0.4, 0.5) is 0 Å². The highest BCUT2D eigenvalue weighted by Crippen LogP contribution is 2.07. The largest absolute Gasteiger partial charge is 0.337 e. The first-order chi connectivity index (χ1) is 9.27. The van der Waals surface area contributed by atoms with Crippen LogP contribution in [0.3, 0.4) is 0 Å². The Balaban J connectivity index is 2.56. The number of aromatic nitrogens is 1. The third-order valence-electron chi connectivity index (χ3n) is 2.79. The van der Waals surface area contributed by atoms with Gasteiger partial charge in [0.1, 0.15) is 0 Å². The fourth-order valence-corrected chi connectivity index (χ4v) is 1.77. The van der Waals surface area contributed by atoms with Gasteiger partial charge in [0.25, 0.3) is 0 Å². The van der Waals surface area contributed by atoms with Crippen LogP contribution in [0.5, 0.6) is 0 Å². The molecule has 1 aromatic heterocycles. The summed E-state index contributed by atoms with van der Waals surface area (Å²) in [6, 6.07) is 5.85. The highest BCUT2D eigenvalue weighted by molar-refractivity contribution is 5.76. The molecular formula is C14H20N4O. The molecule has 0 aliphatic rings. The number of amides is 1. The number of nitriles is 1. The molecule has 1 rings (SSSR count). The van der Waals surface area contributed by atoms with Crippen LogP contribution >= 0.6 is 0 Å². The van der Waals surface area contributed by atoms with Crippen molar-refractivity contribution < 1.29 is 4.79 Å². The van der Waals surface area contributed by atoms with Crippen molar-refractivity contribution in [3.05, 3.63) is 30.1 Å². The van der Waals surface area contributed by atoms with Gasteiger partial charge in [0.2, 0.25) is 5.91 Å². The lowest BCUT2D eigenvalue weighted by atomic mass is 10.2. The smallest absolute Gasteiger partial charge is 0.222 e. The molecule has 1 aromatic rings. The maximum absolute atomic E-state index is 12.1. The lowest BCUT2D eigenvalue weighted by Crippen LogP contribution is -2.31. The number of hydrogen-bond acceptors (Lipinski definition) is 4. The molecule has 0 saturated heterocycles. The molecule has 0 aliphatic carbocycles. The zero-order chi connectivity index (χ0) is 13.9. The molecule has 1 amide bonds. The molecule has 0 radical (unpaired) electrons. The van der Waals surface area contributed by atoms with Gasteiger partial charge in [-0.15, -0.1) is 0 Å². The Morgan fingerprint density at radius 3 is 2.95 bits per heavy atom. The minimum absolute atomic E-state index is 0.0764. The molecular weight excluding hydrogens is 240 g/mol. The van der Waals surface area contributed by atoms with Crippen LogP contribution in [-0.4, -0.2) is 28.9 Å². The molecule has 5 nitrogen and oxygen atoms in total. The summed E-state index contributed by atoms with van der Waals surface area (Å²) in [5, 5.41) is 8.66. The monoisotopic (exact) mass is 260 g/mol. The zero-order valence-electron chi connectivity index (χ0n) is 11.1. The van der Waals surface area contributed by atoms with Crippen molar-refractivity contribution in [2.24, 2.45) is 5.73 Å². The minimum atomic E-state index is 0.0764. The van der Waals surface area contributed by atoms with Crippen LogP contribution < -0.4 is 5.73 Å². The average Bonchev–Trinajstić information content (AvgIpc) is 2.44. The van der Waals surface area contributed by atoms with Crippen LogP contribution in [0.25, 0.3) is 0 Å². The number of pyridine rings is 1. The van der Waals surface area contributed by atoms with Gasteiger partial charge in [-0.2, -0.15) is 5.26 Å². The Labute approximate surface area is 114 Å². The van der Waals surface area contributed by atoms with E-state index in [4.69, 9.17) is 11.0 Å². The minimum Gasteiger partial charge on any atom is -0.337 e. The van der Waals surface area contributed by atoms with Crippen molar-refractivity contribution in [2.45, 2.75) is 32.2 Å². The lowest BCUT2D eigenvalue weighted by Gasteiger charge is -2.21. The third kappa shape index (κ3) is 5.98. The molecule has 0 atom stereocenters. The fraction of sp³-hybridized carbons (Fsp3) is 0.500. The van der Waals surface area contributed by atoms with E-state index in [1.54, 1.807) is 17.3 Å². The number of carbonyl (C=O) groups is 1. The first kappa shape index (κ1) is 15.1. The van der Waals surface area contributed by atoms with E-state index >= 15 is 0 Å². The zero-order valence-corrected chi connectivity index (χ0v) is 11.1. The van der Waals surface area contributed by atoms with E-state index in [9.17, 15) is 4.79 Å². The van der Waals surface area contributed by atoms with Gasteiger partial charge in [0.05, 0.1) is 12.5 Å². The van der Waals surface area contributed by atoms with Gasteiger partial charge < -0.3 is 10.6 Å². The lowest BCUT2D eigenvalue weighted by molar-refractivity contribution is -0.131. The summed E-state index contributed by atoms with van der Waals surface area (Å²) < 4.78 is 0. The Morgan fingerprint density at radius 1 is 1.47 bits per heavy atom. The normalized spacial score (nSPS) is 9.89. The quantitative estimate of drug-likeness (QED) is 0.717. The van der Waals surface area contributed by atoms with E-state index in [1.807, 2.05) is 12.1 Å². The Morgan fingerprint density at radius 2 is 2.32 bits per heavy atom. The van der Waals surface area contributed by atoms with E-state index in [2.05, 4.69) is 11.1 Å². The number of nitrogens with zero attached hydrogens (tertiary/aromatic N) is 3. The molecule has 0 spiro atoms. The average molecular weight is 260 g/mol. The Hall–Kier alpha value is -1.93. The molecule has 19 heavy (non-hydrogen) atoms. The Kier molecular flexibility index (Phi) is 7.21. The summed E-state index contributed by atoms with van der Waals surface area (Å²) in [7, 11) is 0. The first-order valence-electron chi connectivity index (χ1n) is 6.51. The van der Waals surface area contributed by atoms with E-state index in [0.29, 0.717) is 32.5 Å². The number of carbonyl (C=O) groups excluding carboxylic acids is 1. The molecule has 0 fully saturated rings. The van der Waals surface area contributed by atoms with Gasteiger partial charge in [0.15, 0.2) is 0 Å². The fourth-order valence-electron chi connectivity index (χ4n) is 1.77. The van der Waals surface area contributed by atoms with E-state index in [1.165, 1.54) is 0 Å². The van der Waals surface area contributed by atoms with Crippen molar-refractivity contribution in [2.75, 3.05) is 13.1 Å². The molecule has 0 unspecified atom stereocenters. The van der Waals surface area contributed by atoms with Crippen LogP contribution in [-0.2, 0) is 11.3 Å². The van der Waals surface area contributed by atoms with Crippen LogP contribution in [0, 0.1) is 11.3 Å². The van der Waals surface area contributed by atoms with Crippen LogP contribution in [0.1, 0.15) is 31.2 Å². The van der Waals surface area contributed by atoms with Gasteiger partial charge in [-0.05, 0) is 31.0 Å². The van der Waals surface area contributed by atoms with Crippen molar-refractivity contribution in [3.8, 4) is 6.07 Å². The molecule has 2 N–H and O–H groups in total. The van der Waals surface area contributed by atoms with E-state index in [-0.39, 0.29) is 5.91 Å². The predicted octanol–water partition coefficient (Wildman–Crippen LogP) is 1.45. The molecule has 0 aliphatic heterocycles. The summed E-state index contributed by atoms with van der Waals surface area (Å²) >= 11 is 0. The summed E-state index contributed by atoms with van der Waals surface area (Å²) in [5.41, 5.74) is 6.40. The van der Waals surface area contributed by atoms with Crippen molar-refractivity contribution >= 4 is 5.91 Å². The van der Waals surface area contributed by atoms with Gasteiger partial charge in [0, 0.05) is 31.9 Å². The predicted molar refractivity (Wildman–Crippen MR) is 72.8 cm³/mol. The molecule has 0 aromatic carbocycles. The summed E-state index contributed by atoms with van der Waals surface area (Å²) in [6.45, 7) is 1.58. The first-order valence-corrected chi connectivity index (χ1v) is 6.51. The van der Waals surface area contributed by atoms with Crippen molar-refractivity contribution in [3.63, 3.8) is 0 Å². The summed E-state index contributed by atoms with van der Waals surface area (Å²) in [4.78, 5) is 17.8. The summed E-state index contributed by atoms with van der Waals surface area (Å²) in [5.74, 6) is 0.0764. The molecule has 5 heteroatoms. The van der Waals surface area contributed by atoms with Crippen molar-refractivity contribution in [1.82, 2.24) is 9.88 Å². The topological polar surface area (TPSA) is 83.0 Å². The highest BCUT2D eigenvalue weighted by atomic mass is 16.2. The number of nitrogens with two attached hydrogens (primary N) is 1. The number of hydrogen-bond donors (Lipinski definition) is 1. The standard InChI is InChI=1S/C14H20N4O/c15-7-2-1-6-14(19)18(10-4-8-16)12-13-5-3-9-17-11-13/h3,5,9,11H,1-2,4,6-7,10,12,15H2. The summed E-state index contributed by atoms with van der Waals surface area (Å²) in [6.07, 6.45) is 5.93. The van der Waals surface area contributed by atoms with Crippen molar-refractivity contribution in [1.29, 1.82) is 5.26 Å². The number of unbranched alkanes of at least 4 members (excludes halogenated alkanes) is 1. The van der Waals surface area contributed by atoms with Gasteiger partial charge in [-0.1, -0.05) is 6.07 Å². The molecule has 0 bridgehead atoms. The maximum atomic E-state index is 12.1.